The van der Waals surface area contributed by atoms with Gasteiger partial charge in [-0.05, 0) is 31.7 Å². The van der Waals surface area contributed by atoms with Gasteiger partial charge in [-0.3, -0.25) is 4.79 Å². The van der Waals surface area contributed by atoms with E-state index >= 15 is 0 Å². The highest BCUT2D eigenvalue weighted by Crippen LogP contribution is 2.20. The monoisotopic (exact) mass is 287 g/mol. The molecule has 0 rings (SSSR count). The van der Waals surface area contributed by atoms with E-state index in [1.165, 1.54) is 0 Å². The summed E-state index contributed by atoms with van der Waals surface area (Å²) in [4.78, 5) is 24.0. The zero-order valence-corrected chi connectivity index (χ0v) is 13.1. The van der Waals surface area contributed by atoms with Crippen LogP contribution in [0.2, 0.25) is 0 Å². The highest BCUT2D eigenvalue weighted by atomic mass is 16.4. The van der Waals surface area contributed by atoms with E-state index in [0.29, 0.717) is 31.3 Å². The Balaban J connectivity index is 3.98. The Kier molecular flexibility index (Phi) is 9.80. The van der Waals surface area contributed by atoms with Crippen LogP contribution >= 0.6 is 0 Å². The summed E-state index contributed by atoms with van der Waals surface area (Å²) < 4.78 is 0. The molecule has 0 saturated heterocycles. The van der Waals surface area contributed by atoms with Gasteiger partial charge in [0.05, 0.1) is 0 Å². The lowest BCUT2D eigenvalue weighted by Crippen LogP contribution is -2.41. The number of urea groups is 1. The Bertz CT molecular complexity index is 295. The molecule has 0 aromatic heterocycles. The van der Waals surface area contributed by atoms with Crippen LogP contribution in [0.1, 0.15) is 33.1 Å². The number of hydrogen-bond acceptors (Lipinski definition) is 3. The third kappa shape index (κ3) is 8.74. The van der Waals surface area contributed by atoms with Crippen molar-refractivity contribution in [1.29, 1.82) is 0 Å². The first-order chi connectivity index (χ1) is 9.38. The van der Waals surface area contributed by atoms with E-state index < -0.39 is 5.97 Å². The fraction of sp³-hybridized carbons (Fsp3) is 0.857. The van der Waals surface area contributed by atoms with Crippen molar-refractivity contribution in [3.63, 3.8) is 0 Å². The molecule has 0 heterocycles. The Labute approximate surface area is 121 Å². The van der Waals surface area contributed by atoms with Crippen molar-refractivity contribution in [2.24, 2.45) is 11.8 Å². The zero-order chi connectivity index (χ0) is 15.5. The van der Waals surface area contributed by atoms with Gasteiger partial charge in [0.1, 0.15) is 0 Å². The second kappa shape index (κ2) is 10.5. The van der Waals surface area contributed by atoms with Crippen molar-refractivity contribution < 1.29 is 14.7 Å². The molecule has 118 valence electrons. The quantitative estimate of drug-likeness (QED) is 0.567. The van der Waals surface area contributed by atoms with Crippen molar-refractivity contribution >= 4 is 12.0 Å². The Hall–Kier alpha value is -1.30. The molecule has 0 bridgehead atoms. The number of carboxylic acid groups (broad SMARTS) is 1. The van der Waals surface area contributed by atoms with Crippen LogP contribution in [-0.4, -0.2) is 55.7 Å². The second-order valence-corrected chi connectivity index (χ2v) is 5.48. The summed E-state index contributed by atoms with van der Waals surface area (Å²) >= 11 is 0. The number of rotatable bonds is 10. The molecule has 0 aliphatic carbocycles. The molecule has 0 aliphatic heterocycles. The van der Waals surface area contributed by atoms with Gasteiger partial charge in [-0.1, -0.05) is 13.8 Å². The maximum Gasteiger partial charge on any atom is 0.317 e. The molecule has 0 radical (unpaired) electrons. The molecule has 0 spiro atoms. The van der Waals surface area contributed by atoms with Crippen molar-refractivity contribution in [2.45, 2.75) is 33.1 Å². The zero-order valence-electron chi connectivity index (χ0n) is 13.1. The van der Waals surface area contributed by atoms with Crippen LogP contribution in [-0.2, 0) is 4.79 Å². The molecule has 20 heavy (non-hydrogen) atoms. The lowest BCUT2D eigenvalue weighted by Gasteiger charge is -2.22. The number of nitrogens with zero attached hydrogens (tertiary/aromatic N) is 1. The van der Waals surface area contributed by atoms with Gasteiger partial charge in [-0.25, -0.2) is 4.79 Å². The SMILES string of the molecule is CNCCN(C)C(=O)NCCC(CCC(=O)O)C(C)C. The highest BCUT2D eigenvalue weighted by Gasteiger charge is 2.15. The summed E-state index contributed by atoms with van der Waals surface area (Å²) in [5, 5.41) is 14.6. The molecule has 1 unspecified atom stereocenters. The van der Waals surface area contributed by atoms with E-state index in [1.807, 2.05) is 7.05 Å². The van der Waals surface area contributed by atoms with Crippen LogP contribution in [0.25, 0.3) is 0 Å². The van der Waals surface area contributed by atoms with Crippen molar-refractivity contribution in [2.75, 3.05) is 33.7 Å². The minimum absolute atomic E-state index is 0.0824. The lowest BCUT2D eigenvalue weighted by molar-refractivity contribution is -0.137. The number of carbonyl (C=O) groups is 2. The number of nitrogens with one attached hydrogen (secondary N) is 2. The van der Waals surface area contributed by atoms with Gasteiger partial charge < -0.3 is 20.6 Å². The summed E-state index contributed by atoms with van der Waals surface area (Å²) in [5.41, 5.74) is 0. The van der Waals surface area contributed by atoms with Crippen LogP contribution in [0.15, 0.2) is 0 Å². The van der Waals surface area contributed by atoms with Crippen molar-refractivity contribution in [3.05, 3.63) is 0 Å². The van der Waals surface area contributed by atoms with E-state index in [9.17, 15) is 9.59 Å². The first-order valence-corrected chi connectivity index (χ1v) is 7.23. The largest absolute Gasteiger partial charge is 0.481 e. The predicted octanol–water partition coefficient (Wildman–Crippen LogP) is 1.37. The fourth-order valence-electron chi connectivity index (χ4n) is 2.00. The van der Waals surface area contributed by atoms with Crippen LogP contribution < -0.4 is 10.6 Å². The number of likely N-dealkylation sites (N-methyl/N-ethyl adjacent to an activating group) is 2. The smallest absolute Gasteiger partial charge is 0.317 e. The molecule has 0 saturated carbocycles. The average Bonchev–Trinajstić information content (AvgIpc) is 2.38. The third-order valence-corrected chi connectivity index (χ3v) is 3.51. The molecule has 0 fully saturated rings. The predicted molar refractivity (Wildman–Crippen MR) is 79.8 cm³/mol. The lowest BCUT2D eigenvalue weighted by atomic mass is 9.88. The summed E-state index contributed by atoms with van der Waals surface area (Å²) in [6, 6.07) is -0.0824. The summed E-state index contributed by atoms with van der Waals surface area (Å²) in [6.07, 6.45) is 1.67. The standard InChI is InChI=1S/C14H29N3O3/c1-11(2)12(5-6-13(18)19)7-8-16-14(20)17(4)10-9-15-3/h11-12,15H,5-10H2,1-4H3,(H,16,20)(H,18,19). The summed E-state index contributed by atoms with van der Waals surface area (Å²) in [5.74, 6) is -0.00577. The molecular formula is C14H29N3O3. The Morgan fingerprint density at radius 2 is 1.85 bits per heavy atom. The maximum atomic E-state index is 11.8. The molecular weight excluding hydrogens is 258 g/mol. The maximum absolute atomic E-state index is 11.8. The van der Waals surface area contributed by atoms with E-state index in [4.69, 9.17) is 5.11 Å². The summed E-state index contributed by atoms with van der Waals surface area (Å²) in [7, 11) is 3.61. The number of hydrogen-bond donors (Lipinski definition) is 3. The molecule has 1 atom stereocenters. The number of carbonyl (C=O) groups excluding carboxylic acids is 1. The first kappa shape index (κ1) is 18.7. The van der Waals surface area contributed by atoms with E-state index in [2.05, 4.69) is 24.5 Å². The normalized spacial score (nSPS) is 12.2. The second-order valence-electron chi connectivity index (χ2n) is 5.48. The van der Waals surface area contributed by atoms with Gasteiger partial charge >= 0.3 is 12.0 Å². The average molecular weight is 287 g/mol. The van der Waals surface area contributed by atoms with Crippen LogP contribution in [0.3, 0.4) is 0 Å². The highest BCUT2D eigenvalue weighted by molar-refractivity contribution is 5.73. The number of amides is 2. The van der Waals surface area contributed by atoms with Gasteiger partial charge in [0.2, 0.25) is 0 Å². The van der Waals surface area contributed by atoms with Crippen LogP contribution in [0.4, 0.5) is 4.79 Å². The van der Waals surface area contributed by atoms with E-state index in [0.717, 1.165) is 13.0 Å². The van der Waals surface area contributed by atoms with E-state index in [-0.39, 0.29) is 12.5 Å². The first-order valence-electron chi connectivity index (χ1n) is 7.23. The molecule has 2 amide bonds. The fourth-order valence-corrected chi connectivity index (χ4v) is 2.00. The molecule has 6 nitrogen and oxygen atoms in total. The van der Waals surface area contributed by atoms with Crippen LogP contribution in [0, 0.1) is 11.8 Å². The van der Waals surface area contributed by atoms with Gasteiger partial charge in [-0.15, -0.1) is 0 Å². The molecule has 0 aromatic rings. The number of aliphatic carboxylic acids is 1. The minimum atomic E-state index is -0.758. The molecule has 3 N–H and O–H groups in total. The van der Waals surface area contributed by atoms with Crippen LogP contribution in [0.5, 0.6) is 0 Å². The topological polar surface area (TPSA) is 81.7 Å². The Morgan fingerprint density at radius 1 is 1.20 bits per heavy atom. The molecule has 0 aliphatic rings. The van der Waals surface area contributed by atoms with Gasteiger partial charge in [-0.2, -0.15) is 0 Å². The minimum Gasteiger partial charge on any atom is -0.481 e. The van der Waals surface area contributed by atoms with Gasteiger partial charge in [0, 0.05) is 33.1 Å². The van der Waals surface area contributed by atoms with Gasteiger partial charge in [0.15, 0.2) is 0 Å². The third-order valence-electron chi connectivity index (χ3n) is 3.51. The molecule has 6 heteroatoms. The van der Waals surface area contributed by atoms with Crippen molar-refractivity contribution in [3.8, 4) is 0 Å². The van der Waals surface area contributed by atoms with Crippen molar-refractivity contribution in [1.82, 2.24) is 15.5 Å². The Morgan fingerprint density at radius 3 is 2.35 bits per heavy atom. The summed E-state index contributed by atoms with van der Waals surface area (Å²) in [6.45, 7) is 6.19. The number of carboxylic acids is 1. The van der Waals surface area contributed by atoms with E-state index in [1.54, 1.807) is 11.9 Å². The molecule has 0 aromatic carbocycles. The van der Waals surface area contributed by atoms with Gasteiger partial charge in [0.25, 0.3) is 0 Å².